The van der Waals surface area contributed by atoms with Gasteiger partial charge in [0.05, 0.1) is 17.0 Å². The number of hydrogen-bond acceptors (Lipinski definition) is 5. The number of aromatic nitrogens is 3. The highest BCUT2D eigenvalue weighted by molar-refractivity contribution is 6.30. The van der Waals surface area contributed by atoms with Crippen LogP contribution in [0, 0.1) is 13.8 Å². The molecule has 3 heterocycles. The van der Waals surface area contributed by atoms with Crippen molar-refractivity contribution in [3.05, 3.63) is 52.3 Å². The Morgan fingerprint density at radius 3 is 2.50 bits per heavy atom. The zero-order valence-electron chi connectivity index (χ0n) is 17.6. The molecule has 2 aromatic heterocycles. The first kappa shape index (κ1) is 20.6. The van der Waals surface area contributed by atoms with E-state index in [0.717, 1.165) is 47.8 Å². The summed E-state index contributed by atoms with van der Waals surface area (Å²) >= 11 is 5.89. The number of carbonyl (C=O) groups is 1. The number of benzene rings is 1. The third kappa shape index (κ3) is 4.27. The number of halogens is 1. The van der Waals surface area contributed by atoms with E-state index in [2.05, 4.69) is 15.0 Å². The molecular formula is C22H26ClN5O2. The third-order valence-corrected chi connectivity index (χ3v) is 5.82. The van der Waals surface area contributed by atoms with Gasteiger partial charge < -0.3 is 9.64 Å². The molecule has 8 heteroatoms. The van der Waals surface area contributed by atoms with Gasteiger partial charge in [-0.2, -0.15) is 5.10 Å². The SMILES string of the molecule is Cc1nc2c(cc1C(=O)N1CCN(CCOc3ccc(Cl)cc3)CC1)c(C)nn2C. The molecule has 7 nitrogen and oxygen atoms in total. The van der Waals surface area contributed by atoms with Crippen LogP contribution in [0.1, 0.15) is 21.7 Å². The molecule has 1 aliphatic rings. The smallest absolute Gasteiger partial charge is 0.255 e. The van der Waals surface area contributed by atoms with Gasteiger partial charge in [0.25, 0.3) is 5.91 Å². The lowest BCUT2D eigenvalue weighted by Crippen LogP contribution is -2.49. The first-order chi connectivity index (χ1) is 14.4. The van der Waals surface area contributed by atoms with Crippen molar-refractivity contribution in [2.45, 2.75) is 13.8 Å². The number of hydrogen-bond donors (Lipinski definition) is 0. The van der Waals surface area contributed by atoms with Crippen LogP contribution >= 0.6 is 11.6 Å². The molecule has 1 aliphatic heterocycles. The van der Waals surface area contributed by atoms with Crippen LogP contribution in [-0.2, 0) is 7.05 Å². The lowest BCUT2D eigenvalue weighted by atomic mass is 10.1. The summed E-state index contributed by atoms with van der Waals surface area (Å²) in [5.74, 6) is 0.861. The monoisotopic (exact) mass is 427 g/mol. The van der Waals surface area contributed by atoms with E-state index in [1.165, 1.54) is 0 Å². The van der Waals surface area contributed by atoms with Crippen molar-refractivity contribution >= 4 is 28.5 Å². The summed E-state index contributed by atoms with van der Waals surface area (Å²) in [5.41, 5.74) is 3.11. The summed E-state index contributed by atoms with van der Waals surface area (Å²) in [5, 5.41) is 6.05. The van der Waals surface area contributed by atoms with Crippen LogP contribution < -0.4 is 4.74 Å². The van der Waals surface area contributed by atoms with Crippen LogP contribution in [0.15, 0.2) is 30.3 Å². The molecule has 1 aromatic carbocycles. The van der Waals surface area contributed by atoms with Gasteiger partial charge in [-0.1, -0.05) is 11.6 Å². The van der Waals surface area contributed by atoms with Gasteiger partial charge in [0.15, 0.2) is 5.65 Å². The maximum Gasteiger partial charge on any atom is 0.255 e. The summed E-state index contributed by atoms with van der Waals surface area (Å²) in [6.45, 7) is 8.32. The predicted octanol–water partition coefficient (Wildman–Crippen LogP) is 3.08. The number of pyridine rings is 1. The Labute approximate surface area is 181 Å². The van der Waals surface area contributed by atoms with E-state index in [-0.39, 0.29) is 5.91 Å². The molecule has 0 N–H and O–H groups in total. The second-order valence-electron chi connectivity index (χ2n) is 7.64. The highest BCUT2D eigenvalue weighted by atomic mass is 35.5. The summed E-state index contributed by atoms with van der Waals surface area (Å²) in [6, 6.07) is 9.33. The first-order valence-corrected chi connectivity index (χ1v) is 10.5. The van der Waals surface area contributed by atoms with E-state index < -0.39 is 0 Å². The molecule has 3 aromatic rings. The number of carbonyl (C=O) groups excluding carboxylic acids is 1. The van der Waals surface area contributed by atoms with Crippen LogP contribution in [-0.4, -0.2) is 69.8 Å². The number of ether oxygens (including phenoxy) is 1. The van der Waals surface area contributed by atoms with E-state index >= 15 is 0 Å². The van der Waals surface area contributed by atoms with E-state index in [1.54, 1.807) is 4.68 Å². The largest absolute Gasteiger partial charge is 0.492 e. The molecule has 1 amide bonds. The van der Waals surface area contributed by atoms with Gasteiger partial charge in [-0.15, -0.1) is 0 Å². The normalized spacial score (nSPS) is 15.0. The molecule has 0 spiro atoms. The molecular weight excluding hydrogens is 402 g/mol. The van der Waals surface area contributed by atoms with Crippen LogP contribution in [0.5, 0.6) is 5.75 Å². The molecule has 0 bridgehead atoms. The molecule has 1 saturated heterocycles. The zero-order valence-corrected chi connectivity index (χ0v) is 18.3. The van der Waals surface area contributed by atoms with Gasteiger partial charge in [-0.25, -0.2) is 4.98 Å². The van der Waals surface area contributed by atoms with Crippen molar-refractivity contribution in [2.24, 2.45) is 7.05 Å². The van der Waals surface area contributed by atoms with Crippen molar-refractivity contribution in [1.29, 1.82) is 0 Å². The van der Waals surface area contributed by atoms with E-state index in [4.69, 9.17) is 16.3 Å². The maximum atomic E-state index is 13.1. The number of nitrogens with zero attached hydrogens (tertiary/aromatic N) is 5. The molecule has 4 rings (SSSR count). The van der Waals surface area contributed by atoms with Gasteiger partial charge in [0.2, 0.25) is 0 Å². The van der Waals surface area contributed by atoms with E-state index in [1.807, 2.05) is 56.1 Å². The Morgan fingerprint density at radius 1 is 1.10 bits per heavy atom. The lowest BCUT2D eigenvalue weighted by Gasteiger charge is -2.34. The predicted molar refractivity (Wildman–Crippen MR) is 117 cm³/mol. The molecule has 0 aliphatic carbocycles. The van der Waals surface area contributed by atoms with Gasteiger partial charge in [0.1, 0.15) is 12.4 Å². The molecule has 0 unspecified atom stereocenters. The molecule has 0 radical (unpaired) electrons. The summed E-state index contributed by atoms with van der Waals surface area (Å²) in [6.07, 6.45) is 0. The third-order valence-electron chi connectivity index (χ3n) is 5.57. The molecule has 158 valence electrons. The van der Waals surface area contributed by atoms with Gasteiger partial charge in [-0.05, 0) is 44.2 Å². The van der Waals surface area contributed by atoms with Gasteiger partial charge in [-0.3, -0.25) is 14.4 Å². The van der Waals surface area contributed by atoms with Crippen LogP contribution in [0.2, 0.25) is 5.02 Å². The fraction of sp³-hybridized carbons (Fsp3) is 0.409. The Kier molecular flexibility index (Phi) is 5.92. The zero-order chi connectivity index (χ0) is 21.3. The Balaban J connectivity index is 1.33. The van der Waals surface area contributed by atoms with Gasteiger partial charge >= 0.3 is 0 Å². The number of aryl methyl sites for hydroxylation is 3. The molecule has 30 heavy (non-hydrogen) atoms. The van der Waals surface area contributed by atoms with Crippen molar-refractivity contribution in [1.82, 2.24) is 24.6 Å². The Morgan fingerprint density at radius 2 is 1.80 bits per heavy atom. The Hall–Kier alpha value is -2.64. The second-order valence-corrected chi connectivity index (χ2v) is 8.07. The number of fused-ring (bicyclic) bond motifs is 1. The highest BCUT2D eigenvalue weighted by Gasteiger charge is 2.24. The van der Waals surface area contributed by atoms with Crippen LogP contribution in [0.3, 0.4) is 0 Å². The van der Waals surface area contributed by atoms with E-state index in [9.17, 15) is 4.79 Å². The summed E-state index contributed by atoms with van der Waals surface area (Å²) in [7, 11) is 1.87. The highest BCUT2D eigenvalue weighted by Crippen LogP contribution is 2.21. The van der Waals surface area contributed by atoms with Crippen molar-refractivity contribution in [3.8, 4) is 5.75 Å². The molecule has 1 fully saturated rings. The topological polar surface area (TPSA) is 63.5 Å². The second kappa shape index (κ2) is 8.62. The average molecular weight is 428 g/mol. The van der Waals surface area contributed by atoms with E-state index in [0.29, 0.717) is 30.3 Å². The summed E-state index contributed by atoms with van der Waals surface area (Å²) < 4.78 is 7.54. The Bertz CT molecular complexity index is 1060. The number of rotatable bonds is 5. The van der Waals surface area contributed by atoms with Gasteiger partial charge in [0, 0.05) is 50.2 Å². The number of piperazine rings is 1. The van der Waals surface area contributed by atoms with Crippen LogP contribution in [0.4, 0.5) is 0 Å². The minimum atomic E-state index is 0.0437. The molecule has 0 atom stereocenters. The number of amides is 1. The lowest BCUT2D eigenvalue weighted by molar-refractivity contribution is 0.0619. The standard InChI is InChI=1S/C22H26ClN5O2/c1-15-20(14-19-16(2)25-26(3)21(19)24-15)22(29)28-10-8-27(9-11-28)12-13-30-18-6-4-17(23)5-7-18/h4-7,14H,8-13H2,1-3H3. The fourth-order valence-electron chi connectivity index (χ4n) is 3.82. The van der Waals surface area contributed by atoms with Crippen molar-refractivity contribution < 1.29 is 9.53 Å². The van der Waals surface area contributed by atoms with Crippen LogP contribution in [0.25, 0.3) is 11.0 Å². The van der Waals surface area contributed by atoms with Crippen molar-refractivity contribution in [3.63, 3.8) is 0 Å². The molecule has 0 saturated carbocycles. The maximum absolute atomic E-state index is 13.1. The minimum absolute atomic E-state index is 0.0437. The first-order valence-electron chi connectivity index (χ1n) is 10.1. The average Bonchev–Trinajstić information content (AvgIpc) is 3.01. The summed E-state index contributed by atoms with van der Waals surface area (Å²) in [4.78, 5) is 22.0. The minimum Gasteiger partial charge on any atom is -0.492 e. The quantitative estimate of drug-likeness (QED) is 0.626. The fourth-order valence-corrected chi connectivity index (χ4v) is 3.94. The van der Waals surface area contributed by atoms with Crippen molar-refractivity contribution in [2.75, 3.05) is 39.3 Å².